The number of H-pyrrole nitrogens is 1. The van der Waals surface area contributed by atoms with Gasteiger partial charge in [-0.1, -0.05) is 6.92 Å². The number of aryl methyl sites for hydroxylation is 2. The van der Waals surface area contributed by atoms with Crippen LogP contribution >= 0.6 is 11.3 Å². The van der Waals surface area contributed by atoms with Gasteiger partial charge in [-0.15, -0.1) is 11.3 Å². The van der Waals surface area contributed by atoms with Crippen molar-refractivity contribution in [3.63, 3.8) is 0 Å². The lowest BCUT2D eigenvalue weighted by molar-refractivity contribution is -0.111. The summed E-state index contributed by atoms with van der Waals surface area (Å²) in [5.74, 6) is 0.388. The van der Waals surface area contributed by atoms with Gasteiger partial charge in [-0.25, -0.2) is 0 Å². The van der Waals surface area contributed by atoms with Gasteiger partial charge in [0.25, 0.3) is 0 Å². The minimum absolute atomic E-state index is 0.171. The Kier molecular flexibility index (Phi) is 3.94. The third-order valence-electron chi connectivity index (χ3n) is 2.42. The van der Waals surface area contributed by atoms with Crippen molar-refractivity contribution < 1.29 is 4.79 Å². The number of nitrogens with zero attached hydrogens (tertiary/aromatic N) is 1. The maximum absolute atomic E-state index is 11.6. The molecule has 2 aromatic rings. The fourth-order valence-corrected chi connectivity index (χ4v) is 2.26. The summed E-state index contributed by atoms with van der Waals surface area (Å²) in [5.41, 5.74) is 1.00. The molecule has 0 atom stereocenters. The number of thiophene rings is 1. The number of anilines is 1. The molecule has 94 valence electrons. The van der Waals surface area contributed by atoms with Crippen LogP contribution in [-0.4, -0.2) is 16.1 Å². The van der Waals surface area contributed by atoms with E-state index in [2.05, 4.69) is 15.5 Å². The molecule has 4 nitrogen and oxygen atoms in total. The fourth-order valence-electron chi connectivity index (χ4n) is 1.48. The van der Waals surface area contributed by atoms with Crippen LogP contribution in [0.2, 0.25) is 0 Å². The predicted octanol–water partition coefficient (Wildman–Crippen LogP) is 2.99. The lowest BCUT2D eigenvalue weighted by atomic mass is 10.3. The Labute approximate surface area is 110 Å². The van der Waals surface area contributed by atoms with Gasteiger partial charge in [-0.05, 0) is 31.6 Å². The second-order valence-electron chi connectivity index (χ2n) is 3.90. The molecule has 0 saturated carbocycles. The van der Waals surface area contributed by atoms with Crippen molar-refractivity contribution in [3.05, 3.63) is 39.7 Å². The summed E-state index contributed by atoms with van der Waals surface area (Å²) in [6.07, 6.45) is 4.19. The van der Waals surface area contributed by atoms with Crippen LogP contribution in [-0.2, 0) is 11.2 Å². The van der Waals surface area contributed by atoms with Crippen LogP contribution in [0.15, 0.2) is 24.3 Å². The number of carbonyl (C=O) groups is 1. The zero-order valence-corrected chi connectivity index (χ0v) is 11.2. The molecule has 0 unspecified atom stereocenters. The topological polar surface area (TPSA) is 57.8 Å². The Balaban J connectivity index is 1.94. The van der Waals surface area contributed by atoms with Crippen molar-refractivity contribution >= 4 is 29.1 Å². The van der Waals surface area contributed by atoms with Crippen molar-refractivity contribution in [3.8, 4) is 0 Å². The van der Waals surface area contributed by atoms with Crippen LogP contribution < -0.4 is 5.32 Å². The van der Waals surface area contributed by atoms with Gasteiger partial charge in [0.2, 0.25) is 5.91 Å². The number of nitrogens with one attached hydrogen (secondary N) is 2. The predicted molar refractivity (Wildman–Crippen MR) is 74.7 cm³/mol. The minimum Gasteiger partial charge on any atom is -0.306 e. The van der Waals surface area contributed by atoms with Gasteiger partial charge in [0.1, 0.15) is 0 Å². The first-order valence-corrected chi connectivity index (χ1v) is 6.59. The van der Waals surface area contributed by atoms with E-state index in [0.29, 0.717) is 5.82 Å². The molecule has 0 bridgehead atoms. The van der Waals surface area contributed by atoms with Crippen molar-refractivity contribution in [1.82, 2.24) is 10.2 Å². The van der Waals surface area contributed by atoms with E-state index in [1.165, 1.54) is 11.0 Å². The number of amides is 1. The molecule has 0 fully saturated rings. The Bertz CT molecular complexity index is 568. The maximum atomic E-state index is 11.6. The quantitative estimate of drug-likeness (QED) is 0.831. The summed E-state index contributed by atoms with van der Waals surface area (Å²) in [4.78, 5) is 13.9. The minimum atomic E-state index is -0.171. The van der Waals surface area contributed by atoms with E-state index in [1.807, 2.05) is 32.0 Å². The van der Waals surface area contributed by atoms with E-state index < -0.39 is 0 Å². The monoisotopic (exact) mass is 261 g/mol. The molecule has 0 aliphatic carbocycles. The largest absolute Gasteiger partial charge is 0.306 e. The average molecular weight is 261 g/mol. The van der Waals surface area contributed by atoms with E-state index in [4.69, 9.17) is 0 Å². The molecule has 2 aromatic heterocycles. The van der Waals surface area contributed by atoms with E-state index in [9.17, 15) is 4.79 Å². The van der Waals surface area contributed by atoms with Gasteiger partial charge in [-0.3, -0.25) is 9.89 Å². The summed E-state index contributed by atoms with van der Waals surface area (Å²) >= 11 is 1.66. The third kappa shape index (κ3) is 3.30. The SMILES string of the molecule is CCc1cc(NC(=O)/C=C/c2ccc(C)s2)n[nH]1. The molecule has 18 heavy (non-hydrogen) atoms. The number of hydrogen-bond donors (Lipinski definition) is 2. The normalized spacial score (nSPS) is 11.0. The average Bonchev–Trinajstić information content (AvgIpc) is 2.95. The molecule has 1 amide bonds. The second-order valence-corrected chi connectivity index (χ2v) is 5.22. The lowest BCUT2D eigenvalue weighted by Crippen LogP contribution is -2.07. The number of hydrogen-bond acceptors (Lipinski definition) is 3. The smallest absolute Gasteiger partial charge is 0.249 e. The van der Waals surface area contributed by atoms with Crippen LogP contribution in [0.3, 0.4) is 0 Å². The first-order chi connectivity index (χ1) is 8.67. The summed E-state index contributed by atoms with van der Waals surface area (Å²) in [6, 6.07) is 5.86. The zero-order valence-electron chi connectivity index (χ0n) is 10.4. The first kappa shape index (κ1) is 12.6. The van der Waals surface area contributed by atoms with E-state index >= 15 is 0 Å². The summed E-state index contributed by atoms with van der Waals surface area (Å²) < 4.78 is 0. The molecular weight excluding hydrogens is 246 g/mol. The number of rotatable bonds is 4. The summed E-state index contributed by atoms with van der Waals surface area (Å²) in [6.45, 7) is 4.07. The van der Waals surface area contributed by atoms with Gasteiger partial charge in [-0.2, -0.15) is 5.10 Å². The highest BCUT2D eigenvalue weighted by Crippen LogP contribution is 2.16. The summed E-state index contributed by atoms with van der Waals surface area (Å²) in [5, 5.41) is 9.56. The van der Waals surface area contributed by atoms with Crippen LogP contribution in [0.1, 0.15) is 22.4 Å². The molecule has 0 aromatic carbocycles. The molecule has 0 aliphatic rings. The number of carbonyl (C=O) groups excluding carboxylic acids is 1. The molecule has 2 heterocycles. The van der Waals surface area contributed by atoms with Gasteiger partial charge in [0, 0.05) is 27.6 Å². The molecular formula is C13H15N3OS. The highest BCUT2D eigenvalue weighted by atomic mass is 32.1. The number of aromatic amines is 1. The van der Waals surface area contributed by atoms with E-state index in [-0.39, 0.29) is 5.91 Å². The molecule has 0 radical (unpaired) electrons. The molecule has 0 saturated heterocycles. The zero-order chi connectivity index (χ0) is 13.0. The van der Waals surface area contributed by atoms with Gasteiger partial charge < -0.3 is 5.32 Å². The second kappa shape index (κ2) is 5.64. The van der Waals surface area contributed by atoms with Gasteiger partial charge in [0.05, 0.1) is 0 Å². The van der Waals surface area contributed by atoms with Crippen molar-refractivity contribution in [1.29, 1.82) is 0 Å². The standard InChI is InChI=1S/C13H15N3OS/c1-3-10-8-12(16-15-10)14-13(17)7-6-11-5-4-9(2)18-11/h4-8H,3H2,1-2H3,(H2,14,15,16,17)/b7-6+. The van der Waals surface area contributed by atoms with Crippen molar-refractivity contribution in [2.45, 2.75) is 20.3 Å². The molecule has 0 aliphatic heterocycles. The van der Waals surface area contributed by atoms with Crippen molar-refractivity contribution in [2.75, 3.05) is 5.32 Å². The number of aromatic nitrogens is 2. The highest BCUT2D eigenvalue weighted by molar-refractivity contribution is 7.12. The van der Waals surface area contributed by atoms with E-state index in [1.54, 1.807) is 17.4 Å². The van der Waals surface area contributed by atoms with E-state index in [0.717, 1.165) is 17.0 Å². The van der Waals surface area contributed by atoms with Gasteiger partial charge in [0.15, 0.2) is 5.82 Å². The van der Waals surface area contributed by atoms with Crippen LogP contribution in [0.25, 0.3) is 6.08 Å². The van der Waals surface area contributed by atoms with Gasteiger partial charge >= 0.3 is 0 Å². The Morgan fingerprint density at radius 1 is 1.56 bits per heavy atom. The van der Waals surface area contributed by atoms with Crippen LogP contribution in [0, 0.1) is 6.92 Å². The van der Waals surface area contributed by atoms with Crippen molar-refractivity contribution in [2.24, 2.45) is 0 Å². The van der Waals surface area contributed by atoms with Crippen LogP contribution in [0.4, 0.5) is 5.82 Å². The lowest BCUT2D eigenvalue weighted by Gasteiger charge is -1.94. The third-order valence-corrected chi connectivity index (χ3v) is 3.39. The molecule has 0 spiro atoms. The highest BCUT2D eigenvalue weighted by Gasteiger charge is 2.02. The fraction of sp³-hybridized carbons (Fsp3) is 0.231. The maximum Gasteiger partial charge on any atom is 0.249 e. The molecule has 2 N–H and O–H groups in total. The summed E-state index contributed by atoms with van der Waals surface area (Å²) in [7, 11) is 0. The first-order valence-electron chi connectivity index (χ1n) is 5.77. The molecule has 5 heteroatoms. The molecule has 2 rings (SSSR count). The van der Waals surface area contributed by atoms with Crippen LogP contribution in [0.5, 0.6) is 0 Å². The Hall–Kier alpha value is -1.88. The Morgan fingerprint density at radius 2 is 2.39 bits per heavy atom. The Morgan fingerprint density at radius 3 is 3.00 bits per heavy atom.